The Kier molecular flexibility index (Phi) is 3.16. The van der Waals surface area contributed by atoms with E-state index in [1.54, 1.807) is 0 Å². The minimum atomic E-state index is 0.502. The topological polar surface area (TPSA) is 9.23 Å². The standard InChI is InChI=1S/C15H19BrO/c1-10(11-4-5-11)15(16)13-6-7-14-12(9-13)3-2-8-17-14/h6-7,9-11,15H,2-5,8H2,1H3. The van der Waals surface area contributed by atoms with Crippen molar-refractivity contribution in [1.82, 2.24) is 0 Å². The van der Waals surface area contributed by atoms with E-state index in [1.807, 2.05) is 0 Å². The van der Waals surface area contributed by atoms with Crippen LogP contribution >= 0.6 is 15.9 Å². The second-order valence-corrected chi connectivity index (χ2v) is 6.40. The normalized spacial score (nSPS) is 22.5. The maximum Gasteiger partial charge on any atom is 0.122 e. The van der Waals surface area contributed by atoms with Crippen molar-refractivity contribution in [3.05, 3.63) is 29.3 Å². The Hall–Kier alpha value is -0.500. The first-order valence-corrected chi connectivity index (χ1v) is 7.57. The number of halogens is 1. The molecule has 1 aromatic carbocycles. The van der Waals surface area contributed by atoms with E-state index in [1.165, 1.54) is 30.4 Å². The monoisotopic (exact) mass is 294 g/mol. The third-order valence-electron chi connectivity index (χ3n) is 4.08. The minimum absolute atomic E-state index is 0.502. The highest BCUT2D eigenvalue weighted by atomic mass is 79.9. The van der Waals surface area contributed by atoms with Crippen LogP contribution in [0.15, 0.2) is 18.2 Å². The summed E-state index contributed by atoms with van der Waals surface area (Å²) in [6.45, 7) is 3.25. The van der Waals surface area contributed by atoms with E-state index in [4.69, 9.17) is 4.74 Å². The highest BCUT2D eigenvalue weighted by Crippen LogP contribution is 2.46. The van der Waals surface area contributed by atoms with Crippen LogP contribution in [0.1, 0.15) is 42.1 Å². The number of benzene rings is 1. The zero-order chi connectivity index (χ0) is 11.8. The van der Waals surface area contributed by atoms with Crippen molar-refractivity contribution in [2.75, 3.05) is 6.61 Å². The van der Waals surface area contributed by atoms with Crippen molar-refractivity contribution in [3.8, 4) is 5.75 Å². The molecule has 2 unspecified atom stereocenters. The van der Waals surface area contributed by atoms with Crippen LogP contribution in [0.5, 0.6) is 5.75 Å². The van der Waals surface area contributed by atoms with Gasteiger partial charge in [-0.1, -0.05) is 35.0 Å². The summed E-state index contributed by atoms with van der Waals surface area (Å²) in [5.74, 6) is 2.78. The molecule has 0 spiro atoms. The molecular weight excluding hydrogens is 276 g/mol. The summed E-state index contributed by atoms with van der Waals surface area (Å²) in [6, 6.07) is 6.72. The van der Waals surface area contributed by atoms with Crippen LogP contribution in [0.3, 0.4) is 0 Å². The van der Waals surface area contributed by atoms with Crippen molar-refractivity contribution in [1.29, 1.82) is 0 Å². The van der Waals surface area contributed by atoms with Crippen LogP contribution in [0, 0.1) is 11.8 Å². The molecule has 1 saturated carbocycles. The lowest BCUT2D eigenvalue weighted by Crippen LogP contribution is -2.10. The van der Waals surface area contributed by atoms with Gasteiger partial charge in [0.25, 0.3) is 0 Å². The van der Waals surface area contributed by atoms with Crippen LogP contribution in [0.2, 0.25) is 0 Å². The molecule has 1 aliphatic carbocycles. The van der Waals surface area contributed by atoms with Gasteiger partial charge in [0.05, 0.1) is 6.61 Å². The van der Waals surface area contributed by atoms with Crippen LogP contribution in [0.25, 0.3) is 0 Å². The van der Waals surface area contributed by atoms with Crippen LogP contribution in [0.4, 0.5) is 0 Å². The van der Waals surface area contributed by atoms with Gasteiger partial charge in [-0.25, -0.2) is 0 Å². The average molecular weight is 295 g/mol. The molecule has 0 N–H and O–H groups in total. The van der Waals surface area contributed by atoms with Crippen molar-refractivity contribution in [2.24, 2.45) is 11.8 Å². The third kappa shape index (κ3) is 2.37. The van der Waals surface area contributed by atoms with E-state index >= 15 is 0 Å². The minimum Gasteiger partial charge on any atom is -0.493 e. The number of fused-ring (bicyclic) bond motifs is 1. The number of hydrogen-bond donors (Lipinski definition) is 0. The molecule has 0 bridgehead atoms. The lowest BCUT2D eigenvalue weighted by Gasteiger charge is -2.22. The summed E-state index contributed by atoms with van der Waals surface area (Å²) in [5, 5.41) is 0. The molecule has 92 valence electrons. The van der Waals surface area contributed by atoms with E-state index < -0.39 is 0 Å². The van der Waals surface area contributed by atoms with E-state index in [-0.39, 0.29) is 0 Å². The van der Waals surface area contributed by atoms with E-state index in [0.717, 1.165) is 30.6 Å². The summed E-state index contributed by atoms with van der Waals surface area (Å²) in [6.07, 6.45) is 5.15. The molecule has 17 heavy (non-hydrogen) atoms. The maximum absolute atomic E-state index is 5.66. The molecule has 0 aromatic heterocycles. The lowest BCUT2D eigenvalue weighted by molar-refractivity contribution is 0.288. The Bertz CT molecular complexity index is 411. The summed E-state index contributed by atoms with van der Waals surface area (Å²) in [4.78, 5) is 0.502. The molecule has 2 atom stereocenters. The van der Waals surface area contributed by atoms with Crippen LogP contribution < -0.4 is 4.74 Å². The second kappa shape index (κ2) is 4.64. The van der Waals surface area contributed by atoms with Gasteiger partial charge < -0.3 is 4.74 Å². The van der Waals surface area contributed by atoms with Gasteiger partial charge in [0.15, 0.2) is 0 Å². The fraction of sp³-hybridized carbons (Fsp3) is 0.600. The Morgan fingerprint density at radius 1 is 1.35 bits per heavy atom. The summed E-state index contributed by atoms with van der Waals surface area (Å²) in [7, 11) is 0. The molecule has 2 aliphatic rings. The van der Waals surface area contributed by atoms with Gasteiger partial charge >= 0.3 is 0 Å². The van der Waals surface area contributed by atoms with Crippen molar-refractivity contribution < 1.29 is 4.74 Å². The molecular formula is C15H19BrO. The quantitative estimate of drug-likeness (QED) is 0.746. The van der Waals surface area contributed by atoms with Crippen molar-refractivity contribution >= 4 is 15.9 Å². The Labute approximate surface area is 112 Å². The molecule has 0 saturated heterocycles. The Morgan fingerprint density at radius 3 is 2.94 bits per heavy atom. The summed E-state index contributed by atoms with van der Waals surface area (Å²) in [5.41, 5.74) is 2.81. The Morgan fingerprint density at radius 2 is 2.18 bits per heavy atom. The van der Waals surface area contributed by atoms with Crippen LogP contribution in [-0.2, 0) is 6.42 Å². The molecule has 0 amide bonds. The molecule has 1 aromatic rings. The number of ether oxygens (including phenoxy) is 1. The smallest absolute Gasteiger partial charge is 0.122 e. The fourth-order valence-corrected chi connectivity index (χ4v) is 3.43. The first kappa shape index (κ1) is 11.6. The summed E-state index contributed by atoms with van der Waals surface area (Å²) >= 11 is 3.88. The largest absolute Gasteiger partial charge is 0.493 e. The molecule has 1 heterocycles. The highest BCUT2D eigenvalue weighted by molar-refractivity contribution is 9.09. The van der Waals surface area contributed by atoms with E-state index in [2.05, 4.69) is 41.1 Å². The third-order valence-corrected chi connectivity index (χ3v) is 5.44. The van der Waals surface area contributed by atoms with Gasteiger partial charge in [-0.3, -0.25) is 0 Å². The Balaban J connectivity index is 1.82. The number of alkyl halides is 1. The molecule has 2 heteroatoms. The average Bonchev–Trinajstić information content (AvgIpc) is 3.21. The molecule has 1 nitrogen and oxygen atoms in total. The number of rotatable bonds is 3. The zero-order valence-corrected chi connectivity index (χ0v) is 11.9. The number of aryl methyl sites for hydroxylation is 1. The van der Waals surface area contributed by atoms with Crippen molar-refractivity contribution in [3.63, 3.8) is 0 Å². The fourth-order valence-electron chi connectivity index (χ4n) is 2.72. The van der Waals surface area contributed by atoms with Crippen molar-refractivity contribution in [2.45, 2.75) is 37.4 Å². The number of hydrogen-bond acceptors (Lipinski definition) is 1. The van der Waals surface area contributed by atoms with E-state index in [9.17, 15) is 0 Å². The predicted octanol–water partition coefficient (Wildman–Crippen LogP) is 4.49. The SMILES string of the molecule is CC(C1CC1)C(Br)c1ccc2c(c1)CCCO2. The second-order valence-electron chi connectivity index (χ2n) is 5.42. The zero-order valence-electron chi connectivity index (χ0n) is 10.3. The molecule has 1 aliphatic heterocycles. The van der Waals surface area contributed by atoms with Gasteiger partial charge in [-0.15, -0.1) is 0 Å². The lowest BCUT2D eigenvalue weighted by atomic mass is 9.94. The van der Waals surface area contributed by atoms with Gasteiger partial charge in [0.1, 0.15) is 5.75 Å². The highest BCUT2D eigenvalue weighted by Gasteiger charge is 2.33. The van der Waals surface area contributed by atoms with Crippen LogP contribution in [-0.4, -0.2) is 6.61 Å². The van der Waals surface area contributed by atoms with Gasteiger partial charge in [0.2, 0.25) is 0 Å². The van der Waals surface area contributed by atoms with E-state index in [0.29, 0.717) is 4.83 Å². The van der Waals surface area contributed by atoms with Gasteiger partial charge in [-0.2, -0.15) is 0 Å². The predicted molar refractivity (Wildman–Crippen MR) is 73.8 cm³/mol. The maximum atomic E-state index is 5.66. The first-order valence-electron chi connectivity index (χ1n) is 6.65. The van der Waals surface area contributed by atoms with Gasteiger partial charge in [0, 0.05) is 4.83 Å². The summed E-state index contributed by atoms with van der Waals surface area (Å²) < 4.78 is 5.66. The molecule has 1 fully saturated rings. The van der Waals surface area contributed by atoms with Gasteiger partial charge in [-0.05, 0) is 54.7 Å². The molecule has 3 rings (SSSR count). The molecule has 0 radical (unpaired) electrons. The first-order chi connectivity index (χ1) is 8.25.